The van der Waals surface area contributed by atoms with E-state index in [-0.39, 0.29) is 0 Å². The summed E-state index contributed by atoms with van der Waals surface area (Å²) in [5.74, 6) is 0.986. The number of ether oxygens (including phenoxy) is 1. The maximum atomic E-state index is 5.45. The summed E-state index contributed by atoms with van der Waals surface area (Å²) < 4.78 is 5.45. The Hall–Kier alpha value is -1.77. The second-order valence-electron chi connectivity index (χ2n) is 4.90. The zero-order chi connectivity index (χ0) is 12.4. The SMILES string of the molecule is COc1cccc2c1C=C(C[C@H]1CN=CN1)CC2. The average Bonchev–Trinajstić information content (AvgIpc) is 2.91. The molecule has 3 rings (SSSR count). The third-order valence-electron chi connectivity index (χ3n) is 3.68. The Balaban J connectivity index is 1.83. The van der Waals surface area contributed by atoms with Crippen LogP contribution in [0.5, 0.6) is 5.75 Å². The second kappa shape index (κ2) is 4.84. The van der Waals surface area contributed by atoms with Gasteiger partial charge in [0.05, 0.1) is 26.0 Å². The number of methoxy groups -OCH3 is 1. The summed E-state index contributed by atoms with van der Waals surface area (Å²) in [6, 6.07) is 6.78. The Bertz CT molecular complexity index is 497. The van der Waals surface area contributed by atoms with E-state index in [1.165, 1.54) is 16.7 Å². The number of rotatable bonds is 3. The molecule has 2 aliphatic rings. The third-order valence-corrected chi connectivity index (χ3v) is 3.68. The van der Waals surface area contributed by atoms with Crippen molar-refractivity contribution in [3.05, 3.63) is 34.9 Å². The van der Waals surface area contributed by atoms with Gasteiger partial charge in [-0.2, -0.15) is 0 Å². The topological polar surface area (TPSA) is 33.6 Å². The van der Waals surface area contributed by atoms with Crippen molar-refractivity contribution in [2.75, 3.05) is 13.7 Å². The van der Waals surface area contributed by atoms with Gasteiger partial charge in [0, 0.05) is 5.56 Å². The fraction of sp³-hybridized carbons (Fsp3) is 0.400. The standard InChI is InChI=1S/C15H18N2O/c1-18-15-4-2-3-12-6-5-11(8-14(12)15)7-13-9-16-10-17-13/h2-4,8,10,13H,5-7,9H2,1H3,(H,16,17)/t13-/m0/s1. The van der Waals surface area contributed by atoms with Gasteiger partial charge in [-0.1, -0.05) is 23.8 Å². The lowest BCUT2D eigenvalue weighted by Crippen LogP contribution is -2.25. The molecule has 0 saturated heterocycles. The maximum Gasteiger partial charge on any atom is 0.126 e. The van der Waals surface area contributed by atoms with Crippen LogP contribution in [0.1, 0.15) is 24.0 Å². The van der Waals surface area contributed by atoms with Crippen molar-refractivity contribution in [1.29, 1.82) is 0 Å². The Morgan fingerprint density at radius 2 is 2.33 bits per heavy atom. The van der Waals surface area contributed by atoms with Gasteiger partial charge in [0.15, 0.2) is 0 Å². The van der Waals surface area contributed by atoms with E-state index in [0.717, 1.165) is 31.6 Å². The second-order valence-corrected chi connectivity index (χ2v) is 4.90. The number of aryl methyl sites for hydroxylation is 1. The number of nitrogens with one attached hydrogen (secondary N) is 1. The Morgan fingerprint density at radius 3 is 3.11 bits per heavy atom. The molecule has 1 aromatic carbocycles. The number of hydrogen-bond acceptors (Lipinski definition) is 3. The Labute approximate surface area is 108 Å². The van der Waals surface area contributed by atoms with Gasteiger partial charge < -0.3 is 10.1 Å². The Morgan fingerprint density at radius 1 is 1.39 bits per heavy atom. The maximum absolute atomic E-state index is 5.45. The highest BCUT2D eigenvalue weighted by atomic mass is 16.5. The number of nitrogens with zero attached hydrogens (tertiary/aromatic N) is 1. The first-order valence-electron chi connectivity index (χ1n) is 6.46. The number of hydrogen-bond donors (Lipinski definition) is 1. The van der Waals surface area contributed by atoms with Gasteiger partial charge in [-0.25, -0.2) is 0 Å². The lowest BCUT2D eigenvalue weighted by atomic mass is 9.89. The van der Waals surface area contributed by atoms with Crippen LogP contribution in [-0.4, -0.2) is 26.0 Å². The van der Waals surface area contributed by atoms with Crippen LogP contribution < -0.4 is 10.1 Å². The quantitative estimate of drug-likeness (QED) is 0.883. The molecule has 1 aromatic rings. The van der Waals surface area contributed by atoms with E-state index in [2.05, 4.69) is 28.5 Å². The molecular formula is C15H18N2O. The van der Waals surface area contributed by atoms with Crippen molar-refractivity contribution in [3.63, 3.8) is 0 Å². The molecular weight excluding hydrogens is 224 g/mol. The summed E-state index contributed by atoms with van der Waals surface area (Å²) >= 11 is 0. The monoisotopic (exact) mass is 242 g/mol. The molecule has 1 aliphatic carbocycles. The van der Waals surface area contributed by atoms with E-state index < -0.39 is 0 Å². The molecule has 1 N–H and O–H groups in total. The van der Waals surface area contributed by atoms with E-state index in [1.54, 1.807) is 7.11 Å². The van der Waals surface area contributed by atoms with Gasteiger partial charge >= 0.3 is 0 Å². The highest BCUT2D eigenvalue weighted by Crippen LogP contribution is 2.32. The molecule has 1 heterocycles. The summed E-state index contributed by atoms with van der Waals surface area (Å²) in [7, 11) is 1.74. The van der Waals surface area contributed by atoms with Crippen molar-refractivity contribution in [1.82, 2.24) is 5.32 Å². The molecule has 1 aliphatic heterocycles. The first-order chi connectivity index (χ1) is 8.86. The fourth-order valence-corrected chi connectivity index (χ4v) is 2.71. The lowest BCUT2D eigenvalue weighted by molar-refractivity contribution is 0.413. The number of aliphatic imine (C=N–C) groups is 1. The van der Waals surface area contributed by atoms with E-state index in [4.69, 9.17) is 4.74 Å². The molecule has 0 amide bonds. The molecule has 0 bridgehead atoms. The van der Waals surface area contributed by atoms with E-state index in [1.807, 2.05) is 12.4 Å². The van der Waals surface area contributed by atoms with Crippen LogP contribution >= 0.6 is 0 Å². The summed E-state index contributed by atoms with van der Waals surface area (Å²) in [6.07, 6.45) is 7.47. The predicted molar refractivity (Wildman–Crippen MR) is 74.2 cm³/mol. The molecule has 94 valence electrons. The molecule has 0 aromatic heterocycles. The van der Waals surface area contributed by atoms with E-state index >= 15 is 0 Å². The number of fused-ring (bicyclic) bond motifs is 1. The van der Waals surface area contributed by atoms with Gasteiger partial charge in [-0.15, -0.1) is 0 Å². The van der Waals surface area contributed by atoms with Crippen LogP contribution in [0.2, 0.25) is 0 Å². The van der Waals surface area contributed by atoms with Gasteiger partial charge in [0.2, 0.25) is 0 Å². The Kier molecular flexibility index (Phi) is 3.05. The van der Waals surface area contributed by atoms with Crippen molar-refractivity contribution in [2.45, 2.75) is 25.3 Å². The zero-order valence-corrected chi connectivity index (χ0v) is 10.6. The summed E-state index contributed by atoms with van der Waals surface area (Å²) in [6.45, 7) is 0.899. The van der Waals surface area contributed by atoms with Gasteiger partial charge in [0.1, 0.15) is 5.75 Å². The van der Waals surface area contributed by atoms with Crippen molar-refractivity contribution in [3.8, 4) is 5.75 Å². The normalized spacial score (nSPS) is 21.2. The van der Waals surface area contributed by atoms with Gasteiger partial charge in [-0.3, -0.25) is 4.99 Å². The molecule has 0 unspecified atom stereocenters. The van der Waals surface area contributed by atoms with Crippen LogP contribution in [0.15, 0.2) is 28.8 Å². The largest absolute Gasteiger partial charge is 0.496 e. The van der Waals surface area contributed by atoms with Crippen LogP contribution in [0.3, 0.4) is 0 Å². The van der Waals surface area contributed by atoms with Crippen LogP contribution in [0, 0.1) is 0 Å². The average molecular weight is 242 g/mol. The molecule has 0 radical (unpaired) electrons. The smallest absolute Gasteiger partial charge is 0.126 e. The minimum absolute atomic E-state index is 0.479. The lowest BCUT2D eigenvalue weighted by Gasteiger charge is -2.20. The first-order valence-corrected chi connectivity index (χ1v) is 6.46. The van der Waals surface area contributed by atoms with Crippen molar-refractivity contribution in [2.24, 2.45) is 4.99 Å². The summed E-state index contributed by atoms with van der Waals surface area (Å²) in [5.41, 5.74) is 4.16. The van der Waals surface area contributed by atoms with Crippen LogP contribution in [-0.2, 0) is 6.42 Å². The molecule has 0 fully saturated rings. The van der Waals surface area contributed by atoms with Crippen molar-refractivity contribution >= 4 is 12.4 Å². The third kappa shape index (κ3) is 2.13. The number of benzene rings is 1. The predicted octanol–water partition coefficient (Wildman–Crippen LogP) is 2.42. The highest BCUT2D eigenvalue weighted by Gasteiger charge is 2.18. The molecule has 18 heavy (non-hydrogen) atoms. The van der Waals surface area contributed by atoms with E-state index in [9.17, 15) is 0 Å². The van der Waals surface area contributed by atoms with Gasteiger partial charge in [0.25, 0.3) is 0 Å². The minimum Gasteiger partial charge on any atom is -0.496 e. The fourth-order valence-electron chi connectivity index (χ4n) is 2.71. The molecule has 1 atom stereocenters. The zero-order valence-electron chi connectivity index (χ0n) is 10.6. The summed E-state index contributed by atoms with van der Waals surface area (Å²) in [4.78, 5) is 4.22. The van der Waals surface area contributed by atoms with E-state index in [0.29, 0.717) is 6.04 Å². The first kappa shape index (κ1) is 11.3. The van der Waals surface area contributed by atoms with Crippen LogP contribution in [0.25, 0.3) is 6.08 Å². The summed E-state index contributed by atoms with van der Waals surface area (Å²) in [5, 5.41) is 3.29. The van der Waals surface area contributed by atoms with Gasteiger partial charge in [-0.05, 0) is 30.9 Å². The molecule has 3 heteroatoms. The molecule has 0 saturated carbocycles. The van der Waals surface area contributed by atoms with Crippen molar-refractivity contribution < 1.29 is 4.74 Å². The van der Waals surface area contributed by atoms with Crippen LogP contribution in [0.4, 0.5) is 0 Å². The molecule has 3 nitrogen and oxygen atoms in total. The highest BCUT2D eigenvalue weighted by molar-refractivity contribution is 5.66. The molecule has 0 spiro atoms. The minimum atomic E-state index is 0.479.